The van der Waals surface area contributed by atoms with Crippen LogP contribution in [0.3, 0.4) is 0 Å². The summed E-state index contributed by atoms with van der Waals surface area (Å²) in [5, 5.41) is 0. The van der Waals surface area contributed by atoms with E-state index in [-0.39, 0.29) is 49.2 Å². The molecule has 8 heteroatoms. The second-order valence-corrected chi connectivity index (χ2v) is 8.27. The minimum absolute atomic E-state index is 0.0308. The topological polar surface area (TPSA) is 57.7 Å². The van der Waals surface area contributed by atoms with E-state index in [0.717, 1.165) is 12.1 Å². The Morgan fingerprint density at radius 3 is 2.19 bits per heavy atom. The lowest BCUT2D eigenvalue weighted by Crippen LogP contribution is -2.50. The van der Waals surface area contributed by atoms with E-state index >= 15 is 0 Å². The van der Waals surface area contributed by atoms with Crippen molar-refractivity contribution in [2.24, 2.45) is 0 Å². The van der Waals surface area contributed by atoms with Gasteiger partial charge in [-0.25, -0.2) is 17.2 Å². The van der Waals surface area contributed by atoms with E-state index in [1.807, 2.05) is 0 Å². The maximum atomic E-state index is 13.6. The van der Waals surface area contributed by atoms with Crippen LogP contribution in [-0.2, 0) is 21.2 Å². The molecule has 1 amide bonds. The lowest BCUT2D eigenvalue weighted by atomic mass is 10.1. The Morgan fingerprint density at radius 2 is 1.56 bits per heavy atom. The van der Waals surface area contributed by atoms with E-state index in [4.69, 9.17) is 0 Å². The monoisotopic (exact) mass is 394 g/mol. The van der Waals surface area contributed by atoms with Crippen molar-refractivity contribution in [3.8, 4) is 0 Å². The van der Waals surface area contributed by atoms with Gasteiger partial charge < -0.3 is 4.90 Å². The summed E-state index contributed by atoms with van der Waals surface area (Å²) >= 11 is 0. The number of sulfonamides is 1. The zero-order valence-corrected chi connectivity index (χ0v) is 15.5. The fraction of sp³-hybridized carbons (Fsp3) is 0.316. The number of piperazine rings is 1. The molecule has 0 aromatic heterocycles. The molecule has 3 rings (SSSR count). The van der Waals surface area contributed by atoms with Gasteiger partial charge in [-0.2, -0.15) is 4.31 Å². The number of carbonyl (C=O) groups excluding carboxylic acids is 1. The Hall–Kier alpha value is -2.32. The highest BCUT2D eigenvalue weighted by Crippen LogP contribution is 2.19. The molecule has 2 aromatic carbocycles. The van der Waals surface area contributed by atoms with E-state index in [2.05, 4.69) is 0 Å². The Labute approximate surface area is 157 Å². The summed E-state index contributed by atoms with van der Waals surface area (Å²) in [5.41, 5.74) is 0.489. The van der Waals surface area contributed by atoms with Gasteiger partial charge in [0.25, 0.3) is 0 Å². The zero-order chi connectivity index (χ0) is 19.4. The van der Waals surface area contributed by atoms with Gasteiger partial charge in [-0.3, -0.25) is 4.79 Å². The lowest BCUT2D eigenvalue weighted by Gasteiger charge is -2.34. The number of carbonyl (C=O) groups is 1. The highest BCUT2D eigenvalue weighted by atomic mass is 32.2. The predicted molar refractivity (Wildman–Crippen MR) is 96.5 cm³/mol. The average molecular weight is 394 g/mol. The largest absolute Gasteiger partial charge is 0.340 e. The van der Waals surface area contributed by atoms with Crippen LogP contribution in [0.25, 0.3) is 0 Å². The SMILES string of the molecule is O=C(CCc1ccccc1F)N1CCN(S(=O)(=O)c2ccc(F)cc2)CC1. The molecule has 0 aliphatic carbocycles. The molecule has 0 bridgehead atoms. The van der Waals surface area contributed by atoms with Gasteiger partial charge in [0.15, 0.2) is 0 Å². The normalized spacial score (nSPS) is 15.7. The Kier molecular flexibility index (Phi) is 5.86. The van der Waals surface area contributed by atoms with Crippen molar-refractivity contribution in [2.75, 3.05) is 26.2 Å². The smallest absolute Gasteiger partial charge is 0.243 e. The second kappa shape index (κ2) is 8.14. The van der Waals surface area contributed by atoms with Gasteiger partial charge in [0.1, 0.15) is 11.6 Å². The molecule has 0 radical (unpaired) electrons. The molecular weight excluding hydrogens is 374 g/mol. The molecule has 1 saturated heterocycles. The molecule has 0 saturated carbocycles. The molecule has 0 N–H and O–H groups in total. The van der Waals surface area contributed by atoms with Gasteiger partial charge in [-0.15, -0.1) is 0 Å². The van der Waals surface area contributed by atoms with Gasteiger partial charge in [-0.1, -0.05) is 18.2 Å². The van der Waals surface area contributed by atoms with Gasteiger partial charge in [0, 0.05) is 32.6 Å². The van der Waals surface area contributed by atoms with Crippen LogP contribution < -0.4 is 0 Å². The molecule has 1 heterocycles. The molecule has 1 aliphatic heterocycles. The number of hydrogen-bond acceptors (Lipinski definition) is 3. The van der Waals surface area contributed by atoms with Crippen LogP contribution in [0.5, 0.6) is 0 Å². The van der Waals surface area contributed by atoms with E-state index in [9.17, 15) is 22.0 Å². The average Bonchev–Trinajstić information content (AvgIpc) is 2.67. The van der Waals surface area contributed by atoms with Crippen molar-refractivity contribution in [3.05, 3.63) is 65.7 Å². The first-order valence-electron chi connectivity index (χ1n) is 8.65. The molecular formula is C19H20F2N2O3S. The summed E-state index contributed by atoms with van der Waals surface area (Å²) in [6, 6.07) is 11.0. The quantitative estimate of drug-likeness (QED) is 0.783. The van der Waals surface area contributed by atoms with E-state index in [1.54, 1.807) is 23.1 Å². The van der Waals surface area contributed by atoms with E-state index in [1.165, 1.54) is 22.5 Å². The van der Waals surface area contributed by atoms with Crippen molar-refractivity contribution < 1.29 is 22.0 Å². The van der Waals surface area contributed by atoms with Crippen LogP contribution in [0.1, 0.15) is 12.0 Å². The number of nitrogens with zero attached hydrogens (tertiary/aromatic N) is 2. The van der Waals surface area contributed by atoms with Crippen molar-refractivity contribution in [1.82, 2.24) is 9.21 Å². The third-order valence-electron chi connectivity index (χ3n) is 4.61. The first kappa shape index (κ1) is 19.4. The van der Waals surface area contributed by atoms with Crippen LogP contribution in [0.2, 0.25) is 0 Å². The van der Waals surface area contributed by atoms with Crippen LogP contribution in [0, 0.1) is 11.6 Å². The number of halogens is 2. The molecule has 0 unspecified atom stereocenters. The molecule has 5 nitrogen and oxygen atoms in total. The number of hydrogen-bond donors (Lipinski definition) is 0. The fourth-order valence-electron chi connectivity index (χ4n) is 3.03. The maximum absolute atomic E-state index is 13.6. The minimum atomic E-state index is -3.71. The summed E-state index contributed by atoms with van der Waals surface area (Å²) in [4.78, 5) is 14.0. The number of aryl methyl sites for hydroxylation is 1. The molecule has 1 fully saturated rings. The molecule has 2 aromatic rings. The lowest BCUT2D eigenvalue weighted by molar-refractivity contribution is -0.132. The fourth-order valence-corrected chi connectivity index (χ4v) is 4.46. The highest BCUT2D eigenvalue weighted by Gasteiger charge is 2.30. The van der Waals surface area contributed by atoms with Gasteiger partial charge in [0.05, 0.1) is 4.90 Å². The Balaban J connectivity index is 1.56. The molecule has 0 atom stereocenters. The first-order valence-corrected chi connectivity index (χ1v) is 10.1. The summed E-state index contributed by atoms with van der Waals surface area (Å²) in [7, 11) is -3.71. The van der Waals surface area contributed by atoms with Crippen LogP contribution >= 0.6 is 0 Å². The molecule has 0 spiro atoms. The zero-order valence-electron chi connectivity index (χ0n) is 14.6. The van der Waals surface area contributed by atoms with Gasteiger partial charge in [-0.05, 0) is 42.3 Å². The van der Waals surface area contributed by atoms with Gasteiger partial charge >= 0.3 is 0 Å². The van der Waals surface area contributed by atoms with Gasteiger partial charge in [0.2, 0.25) is 15.9 Å². The molecule has 144 valence electrons. The van der Waals surface area contributed by atoms with Crippen LogP contribution in [0.4, 0.5) is 8.78 Å². The number of rotatable bonds is 5. The predicted octanol–water partition coefficient (Wildman–Crippen LogP) is 2.43. The molecule has 27 heavy (non-hydrogen) atoms. The van der Waals surface area contributed by atoms with Crippen LogP contribution in [0.15, 0.2) is 53.4 Å². The maximum Gasteiger partial charge on any atom is 0.243 e. The third kappa shape index (κ3) is 4.51. The van der Waals surface area contributed by atoms with Crippen LogP contribution in [-0.4, -0.2) is 49.7 Å². The summed E-state index contributed by atoms with van der Waals surface area (Å²) < 4.78 is 53.1. The third-order valence-corrected chi connectivity index (χ3v) is 6.52. The minimum Gasteiger partial charge on any atom is -0.340 e. The van der Waals surface area contributed by atoms with Crippen molar-refractivity contribution >= 4 is 15.9 Å². The highest BCUT2D eigenvalue weighted by molar-refractivity contribution is 7.89. The Bertz CT molecular complexity index is 909. The number of benzene rings is 2. The number of amides is 1. The van der Waals surface area contributed by atoms with E-state index in [0.29, 0.717) is 12.0 Å². The summed E-state index contributed by atoms with van der Waals surface area (Å²) in [6.45, 7) is 0.892. The van der Waals surface area contributed by atoms with Crippen molar-refractivity contribution in [3.63, 3.8) is 0 Å². The van der Waals surface area contributed by atoms with E-state index < -0.39 is 15.8 Å². The Morgan fingerprint density at radius 1 is 0.926 bits per heavy atom. The standard InChI is InChI=1S/C19H20F2N2O3S/c20-16-6-8-17(9-7-16)27(25,26)23-13-11-22(12-14-23)19(24)10-5-15-3-1-2-4-18(15)21/h1-4,6-9H,5,10-14H2. The second-order valence-electron chi connectivity index (χ2n) is 6.33. The molecule has 1 aliphatic rings. The van der Waals surface area contributed by atoms with Crippen molar-refractivity contribution in [1.29, 1.82) is 0 Å². The first-order chi connectivity index (χ1) is 12.9. The summed E-state index contributed by atoms with van der Waals surface area (Å²) in [5.74, 6) is -0.961. The van der Waals surface area contributed by atoms with Crippen molar-refractivity contribution in [2.45, 2.75) is 17.7 Å². The summed E-state index contributed by atoms with van der Waals surface area (Å²) in [6.07, 6.45) is 0.477.